The molecule has 1 aromatic heterocycles. The maximum absolute atomic E-state index is 4.56. The summed E-state index contributed by atoms with van der Waals surface area (Å²) in [6.45, 7) is 5.37. The van der Waals surface area contributed by atoms with Crippen LogP contribution in [0.15, 0.2) is 12.3 Å². The van der Waals surface area contributed by atoms with E-state index in [4.69, 9.17) is 0 Å². The predicted molar refractivity (Wildman–Crippen MR) is 65.7 cm³/mol. The number of rotatable bonds is 4. The van der Waals surface area contributed by atoms with Crippen LogP contribution < -0.4 is 10.2 Å². The van der Waals surface area contributed by atoms with Crippen molar-refractivity contribution >= 4 is 5.95 Å². The molecule has 16 heavy (non-hydrogen) atoms. The van der Waals surface area contributed by atoms with Crippen LogP contribution in [0.5, 0.6) is 0 Å². The minimum atomic E-state index is 0.735. The molecule has 1 aliphatic rings. The van der Waals surface area contributed by atoms with Crippen molar-refractivity contribution < 1.29 is 0 Å². The van der Waals surface area contributed by atoms with Gasteiger partial charge >= 0.3 is 0 Å². The zero-order valence-electron chi connectivity index (χ0n) is 10.1. The van der Waals surface area contributed by atoms with Crippen LogP contribution >= 0.6 is 0 Å². The van der Waals surface area contributed by atoms with Crippen LogP contribution in [0.2, 0.25) is 0 Å². The van der Waals surface area contributed by atoms with Crippen molar-refractivity contribution in [2.24, 2.45) is 5.92 Å². The molecule has 0 aromatic carbocycles. The maximum Gasteiger partial charge on any atom is 0.225 e. The van der Waals surface area contributed by atoms with E-state index < -0.39 is 0 Å². The second kappa shape index (κ2) is 5.25. The zero-order chi connectivity index (χ0) is 11.4. The summed E-state index contributed by atoms with van der Waals surface area (Å²) in [5.41, 5.74) is 1.13. The number of anilines is 1. The second-order valence-corrected chi connectivity index (χ2v) is 4.36. The Morgan fingerprint density at radius 3 is 3.19 bits per heavy atom. The van der Waals surface area contributed by atoms with E-state index >= 15 is 0 Å². The van der Waals surface area contributed by atoms with Gasteiger partial charge in [0, 0.05) is 25.0 Å². The summed E-state index contributed by atoms with van der Waals surface area (Å²) in [5, 5.41) is 3.24. The molecule has 2 heterocycles. The summed E-state index contributed by atoms with van der Waals surface area (Å²) < 4.78 is 0. The molecule has 1 saturated heterocycles. The fraction of sp³-hybridized carbons (Fsp3) is 0.667. The summed E-state index contributed by atoms with van der Waals surface area (Å²) >= 11 is 0. The van der Waals surface area contributed by atoms with Crippen molar-refractivity contribution in [2.75, 3.05) is 31.6 Å². The topological polar surface area (TPSA) is 41.1 Å². The van der Waals surface area contributed by atoms with E-state index in [0.717, 1.165) is 43.6 Å². The van der Waals surface area contributed by atoms with Gasteiger partial charge in [0.2, 0.25) is 5.95 Å². The molecule has 0 bridgehead atoms. The molecule has 1 atom stereocenters. The van der Waals surface area contributed by atoms with Gasteiger partial charge in [-0.3, -0.25) is 0 Å². The van der Waals surface area contributed by atoms with Gasteiger partial charge in [-0.05, 0) is 38.4 Å². The van der Waals surface area contributed by atoms with Crippen LogP contribution in [-0.4, -0.2) is 36.6 Å². The molecule has 0 amide bonds. The molecule has 88 valence electrons. The third-order valence-corrected chi connectivity index (χ3v) is 3.12. The smallest absolute Gasteiger partial charge is 0.225 e. The molecule has 1 unspecified atom stereocenters. The molecule has 2 rings (SSSR count). The van der Waals surface area contributed by atoms with Crippen LogP contribution in [0.3, 0.4) is 0 Å². The third-order valence-electron chi connectivity index (χ3n) is 3.12. The van der Waals surface area contributed by atoms with Gasteiger partial charge in [0.25, 0.3) is 0 Å². The van der Waals surface area contributed by atoms with Crippen molar-refractivity contribution in [3.8, 4) is 0 Å². The highest BCUT2D eigenvalue weighted by molar-refractivity contribution is 5.32. The van der Waals surface area contributed by atoms with Crippen molar-refractivity contribution in [1.29, 1.82) is 0 Å². The van der Waals surface area contributed by atoms with Crippen molar-refractivity contribution in [3.63, 3.8) is 0 Å². The Labute approximate surface area is 97.1 Å². The molecule has 1 aromatic rings. The third kappa shape index (κ3) is 2.50. The molecule has 1 fully saturated rings. The van der Waals surface area contributed by atoms with Crippen molar-refractivity contribution in [2.45, 2.75) is 19.8 Å². The first-order chi connectivity index (χ1) is 7.83. The summed E-state index contributed by atoms with van der Waals surface area (Å²) in [7, 11) is 2.01. The fourth-order valence-electron chi connectivity index (χ4n) is 2.20. The number of hydrogen-bond acceptors (Lipinski definition) is 4. The van der Waals surface area contributed by atoms with Gasteiger partial charge in [-0.25, -0.2) is 9.97 Å². The maximum atomic E-state index is 4.56. The van der Waals surface area contributed by atoms with E-state index in [9.17, 15) is 0 Å². The monoisotopic (exact) mass is 220 g/mol. The largest absolute Gasteiger partial charge is 0.340 e. The Morgan fingerprint density at radius 2 is 2.44 bits per heavy atom. The number of hydrogen-bond donors (Lipinski definition) is 1. The van der Waals surface area contributed by atoms with Gasteiger partial charge in [0.1, 0.15) is 0 Å². The number of nitrogens with one attached hydrogen (secondary N) is 1. The Morgan fingerprint density at radius 1 is 1.56 bits per heavy atom. The summed E-state index contributed by atoms with van der Waals surface area (Å²) in [6.07, 6.45) is 4.08. The van der Waals surface area contributed by atoms with E-state index in [2.05, 4.69) is 27.1 Å². The Hall–Kier alpha value is -1.16. The number of aromatic nitrogens is 2. The van der Waals surface area contributed by atoms with Crippen LogP contribution in [0.4, 0.5) is 5.95 Å². The zero-order valence-corrected chi connectivity index (χ0v) is 10.1. The average molecular weight is 220 g/mol. The Kier molecular flexibility index (Phi) is 3.72. The minimum Gasteiger partial charge on any atom is -0.340 e. The molecule has 1 N–H and O–H groups in total. The van der Waals surface area contributed by atoms with Crippen LogP contribution in [0, 0.1) is 5.92 Å². The molecular formula is C12H20N4. The summed E-state index contributed by atoms with van der Waals surface area (Å²) in [4.78, 5) is 11.2. The SMILES string of the molecule is CCc1ccnc(N2CCC(CNC)C2)n1. The lowest BCUT2D eigenvalue weighted by molar-refractivity contribution is 0.548. The highest BCUT2D eigenvalue weighted by atomic mass is 15.3. The molecule has 0 aliphatic carbocycles. The normalized spacial score (nSPS) is 20.4. The van der Waals surface area contributed by atoms with Gasteiger partial charge in [-0.2, -0.15) is 0 Å². The van der Waals surface area contributed by atoms with Crippen LogP contribution in [-0.2, 0) is 6.42 Å². The van der Waals surface area contributed by atoms with Crippen molar-refractivity contribution in [3.05, 3.63) is 18.0 Å². The Balaban J connectivity index is 2.02. The van der Waals surface area contributed by atoms with E-state index in [1.54, 1.807) is 0 Å². The van der Waals surface area contributed by atoms with Crippen molar-refractivity contribution in [1.82, 2.24) is 15.3 Å². The lowest BCUT2D eigenvalue weighted by Gasteiger charge is -2.16. The molecule has 4 nitrogen and oxygen atoms in total. The molecule has 0 spiro atoms. The molecule has 0 radical (unpaired) electrons. The van der Waals surface area contributed by atoms with Crippen LogP contribution in [0.25, 0.3) is 0 Å². The van der Waals surface area contributed by atoms with E-state index in [1.807, 2.05) is 19.3 Å². The van der Waals surface area contributed by atoms with Gasteiger partial charge in [0.05, 0.1) is 0 Å². The van der Waals surface area contributed by atoms with Gasteiger partial charge in [-0.15, -0.1) is 0 Å². The van der Waals surface area contributed by atoms with Crippen LogP contribution in [0.1, 0.15) is 19.0 Å². The van der Waals surface area contributed by atoms with E-state index in [-0.39, 0.29) is 0 Å². The van der Waals surface area contributed by atoms with E-state index in [0.29, 0.717) is 0 Å². The second-order valence-electron chi connectivity index (χ2n) is 4.36. The van der Waals surface area contributed by atoms with Gasteiger partial charge in [0.15, 0.2) is 0 Å². The standard InChI is InChI=1S/C12H20N4/c1-3-11-4-6-14-12(15-11)16-7-5-10(9-16)8-13-2/h4,6,10,13H,3,5,7-9H2,1-2H3. The van der Waals surface area contributed by atoms with E-state index in [1.165, 1.54) is 6.42 Å². The number of aryl methyl sites for hydroxylation is 1. The highest BCUT2D eigenvalue weighted by Gasteiger charge is 2.23. The molecule has 4 heteroatoms. The first kappa shape index (κ1) is 11.3. The molecular weight excluding hydrogens is 200 g/mol. The lowest BCUT2D eigenvalue weighted by Crippen LogP contribution is -2.25. The summed E-state index contributed by atoms with van der Waals surface area (Å²) in [5.74, 6) is 1.64. The predicted octanol–water partition coefficient (Wildman–Crippen LogP) is 1.08. The van der Waals surface area contributed by atoms with Gasteiger partial charge in [-0.1, -0.05) is 6.92 Å². The minimum absolute atomic E-state index is 0.735. The lowest BCUT2D eigenvalue weighted by atomic mass is 10.1. The molecule has 1 aliphatic heterocycles. The summed E-state index contributed by atoms with van der Waals surface area (Å²) in [6, 6.07) is 1.99. The Bertz CT molecular complexity index is 340. The van der Waals surface area contributed by atoms with Gasteiger partial charge < -0.3 is 10.2 Å². The first-order valence-electron chi connectivity index (χ1n) is 6.05. The molecule has 0 saturated carbocycles. The highest BCUT2D eigenvalue weighted by Crippen LogP contribution is 2.20. The quantitative estimate of drug-likeness (QED) is 0.824. The fourth-order valence-corrected chi connectivity index (χ4v) is 2.20. The number of nitrogens with zero attached hydrogens (tertiary/aromatic N) is 3. The average Bonchev–Trinajstić information content (AvgIpc) is 2.78. The first-order valence-corrected chi connectivity index (χ1v) is 6.05.